The maximum atomic E-state index is 12.6. The normalized spacial score (nSPS) is 12.0. The van der Waals surface area contributed by atoms with Gasteiger partial charge in [0.15, 0.2) is 6.10 Å². The minimum absolute atomic E-state index is 0.0287. The van der Waals surface area contributed by atoms with Gasteiger partial charge in [-0.2, -0.15) is 0 Å². The van der Waals surface area contributed by atoms with Crippen molar-refractivity contribution in [1.82, 2.24) is 9.88 Å². The highest BCUT2D eigenvalue weighted by molar-refractivity contribution is 6.30. The minimum atomic E-state index is -0.885. The number of carbonyl (C=O) groups excluding carboxylic acids is 2. The van der Waals surface area contributed by atoms with Gasteiger partial charge in [-0.3, -0.25) is 4.79 Å². The molecule has 27 heavy (non-hydrogen) atoms. The minimum Gasteiger partial charge on any atom is -0.495 e. The first kappa shape index (κ1) is 20.8. The van der Waals surface area contributed by atoms with Crippen LogP contribution in [0.15, 0.2) is 24.3 Å². The Bertz CT molecular complexity index is 858. The number of benzene rings is 1. The van der Waals surface area contributed by atoms with Gasteiger partial charge < -0.3 is 19.4 Å². The molecule has 0 aliphatic rings. The van der Waals surface area contributed by atoms with Crippen LogP contribution in [0.5, 0.6) is 5.75 Å². The second-order valence-corrected chi connectivity index (χ2v) is 7.08. The summed E-state index contributed by atoms with van der Waals surface area (Å²) in [6, 6.07) is 6.98. The summed E-state index contributed by atoms with van der Waals surface area (Å²) in [5, 5.41) is 3.28. The van der Waals surface area contributed by atoms with Crippen molar-refractivity contribution in [1.29, 1.82) is 0 Å². The summed E-state index contributed by atoms with van der Waals surface area (Å²) in [6.07, 6.45) is -0.885. The molecular formula is C20H25ClN2O4. The Morgan fingerprint density at radius 1 is 1.15 bits per heavy atom. The van der Waals surface area contributed by atoms with Crippen LogP contribution in [-0.2, 0) is 9.53 Å². The third-order valence-corrected chi connectivity index (χ3v) is 4.35. The Labute approximate surface area is 164 Å². The highest BCUT2D eigenvalue weighted by atomic mass is 35.5. The quantitative estimate of drug-likeness (QED) is 0.758. The molecule has 2 rings (SSSR count). The number of carbonyl (C=O) groups is 2. The van der Waals surface area contributed by atoms with E-state index in [4.69, 9.17) is 21.1 Å². The summed E-state index contributed by atoms with van der Waals surface area (Å²) in [6.45, 7) is 8.92. The number of aryl methyl sites for hydroxylation is 1. The molecule has 0 aliphatic heterocycles. The van der Waals surface area contributed by atoms with Crippen molar-refractivity contribution in [2.24, 2.45) is 0 Å². The van der Waals surface area contributed by atoms with Crippen LogP contribution in [-0.4, -0.2) is 35.7 Å². The zero-order valence-electron chi connectivity index (χ0n) is 16.4. The smallest absolute Gasteiger partial charge is 0.340 e. The Morgan fingerprint density at radius 2 is 1.81 bits per heavy atom. The van der Waals surface area contributed by atoms with Crippen molar-refractivity contribution in [3.63, 3.8) is 0 Å². The Morgan fingerprint density at radius 3 is 2.41 bits per heavy atom. The summed E-state index contributed by atoms with van der Waals surface area (Å²) in [5.41, 5.74) is 2.61. The molecule has 0 saturated carbocycles. The van der Waals surface area contributed by atoms with Crippen molar-refractivity contribution in [2.45, 2.75) is 46.8 Å². The molecule has 1 N–H and O–H groups in total. The summed E-state index contributed by atoms with van der Waals surface area (Å²) in [5.74, 6) is -0.254. The molecule has 1 aromatic carbocycles. The number of rotatable bonds is 6. The van der Waals surface area contributed by atoms with Crippen molar-refractivity contribution >= 4 is 23.5 Å². The molecule has 1 unspecified atom stereocenters. The first-order valence-corrected chi connectivity index (χ1v) is 9.07. The number of hydrogen-bond acceptors (Lipinski definition) is 4. The van der Waals surface area contributed by atoms with Crippen LogP contribution in [0, 0.1) is 13.8 Å². The van der Waals surface area contributed by atoms with Gasteiger partial charge in [-0.1, -0.05) is 11.6 Å². The summed E-state index contributed by atoms with van der Waals surface area (Å²) in [4.78, 5) is 24.6. The SMILES string of the molecule is COc1ccc(Cl)cc1-n1c(C)cc(C(=O)OC(C)C(=O)NC(C)C)c1C. The van der Waals surface area contributed by atoms with Crippen LogP contribution in [0.25, 0.3) is 5.69 Å². The molecule has 2 aromatic rings. The Kier molecular flexibility index (Phi) is 6.54. The molecule has 0 saturated heterocycles. The maximum absolute atomic E-state index is 12.6. The Hall–Kier alpha value is -2.47. The van der Waals surface area contributed by atoms with Crippen LogP contribution in [0.1, 0.15) is 42.5 Å². The highest BCUT2D eigenvalue weighted by Crippen LogP contribution is 2.31. The van der Waals surface area contributed by atoms with E-state index in [-0.39, 0.29) is 11.9 Å². The zero-order valence-corrected chi connectivity index (χ0v) is 17.2. The fraction of sp³-hybridized carbons (Fsp3) is 0.400. The van der Waals surface area contributed by atoms with Gasteiger partial charge in [-0.15, -0.1) is 0 Å². The topological polar surface area (TPSA) is 69.6 Å². The number of nitrogens with zero attached hydrogens (tertiary/aromatic N) is 1. The first-order chi connectivity index (χ1) is 12.6. The number of methoxy groups -OCH3 is 1. The standard InChI is InChI=1S/C20H25ClN2O4/c1-11(2)22-19(24)14(5)27-20(25)16-9-12(3)23(13(16)4)17-10-15(21)7-8-18(17)26-6/h7-11,14H,1-6H3,(H,22,24). The van der Waals surface area contributed by atoms with Crippen LogP contribution >= 0.6 is 11.6 Å². The summed E-state index contributed by atoms with van der Waals surface area (Å²) < 4.78 is 12.6. The largest absolute Gasteiger partial charge is 0.495 e. The van der Waals surface area contributed by atoms with Crippen molar-refractivity contribution < 1.29 is 19.1 Å². The van der Waals surface area contributed by atoms with E-state index >= 15 is 0 Å². The molecule has 1 heterocycles. The molecule has 7 heteroatoms. The van der Waals surface area contributed by atoms with E-state index in [1.54, 1.807) is 38.3 Å². The summed E-state index contributed by atoms with van der Waals surface area (Å²) >= 11 is 6.14. The van der Waals surface area contributed by atoms with Crippen LogP contribution in [0.3, 0.4) is 0 Å². The third kappa shape index (κ3) is 4.63. The monoisotopic (exact) mass is 392 g/mol. The number of amides is 1. The van der Waals surface area contributed by atoms with Crippen LogP contribution < -0.4 is 10.1 Å². The number of nitrogens with one attached hydrogen (secondary N) is 1. The highest BCUT2D eigenvalue weighted by Gasteiger charge is 2.24. The Balaban J connectivity index is 2.34. The van der Waals surface area contributed by atoms with Gasteiger partial charge in [0.2, 0.25) is 0 Å². The molecule has 0 bridgehead atoms. The molecule has 0 spiro atoms. The molecule has 1 atom stereocenters. The van der Waals surface area contributed by atoms with E-state index in [2.05, 4.69) is 5.32 Å². The van der Waals surface area contributed by atoms with Crippen LogP contribution in [0.4, 0.5) is 0 Å². The van der Waals surface area contributed by atoms with Gasteiger partial charge in [0, 0.05) is 22.5 Å². The fourth-order valence-electron chi connectivity index (χ4n) is 2.86. The fourth-order valence-corrected chi connectivity index (χ4v) is 3.02. The van der Waals surface area contributed by atoms with E-state index in [1.807, 2.05) is 32.3 Å². The summed E-state index contributed by atoms with van der Waals surface area (Å²) in [7, 11) is 1.57. The molecule has 6 nitrogen and oxygen atoms in total. The van der Waals surface area contributed by atoms with E-state index in [1.165, 1.54) is 0 Å². The lowest BCUT2D eigenvalue weighted by Gasteiger charge is -2.16. The van der Waals surface area contributed by atoms with Gasteiger partial charge in [0.05, 0.1) is 18.4 Å². The van der Waals surface area contributed by atoms with Gasteiger partial charge >= 0.3 is 5.97 Å². The lowest BCUT2D eigenvalue weighted by atomic mass is 10.2. The molecular weight excluding hydrogens is 368 g/mol. The average Bonchev–Trinajstić information content (AvgIpc) is 2.88. The number of hydrogen-bond donors (Lipinski definition) is 1. The second kappa shape index (κ2) is 8.48. The average molecular weight is 393 g/mol. The molecule has 0 fully saturated rings. The predicted octanol–water partition coefficient (Wildman–Crippen LogP) is 3.83. The van der Waals surface area contributed by atoms with Crippen molar-refractivity contribution in [3.05, 3.63) is 46.2 Å². The predicted molar refractivity (Wildman–Crippen MR) is 105 cm³/mol. The van der Waals surface area contributed by atoms with Crippen molar-refractivity contribution in [2.75, 3.05) is 7.11 Å². The van der Waals surface area contributed by atoms with Crippen LogP contribution in [0.2, 0.25) is 5.02 Å². The van der Waals surface area contributed by atoms with Gasteiger partial charge in [-0.05, 0) is 58.9 Å². The van der Waals surface area contributed by atoms with E-state index in [0.717, 1.165) is 11.4 Å². The van der Waals surface area contributed by atoms with Crippen molar-refractivity contribution in [3.8, 4) is 11.4 Å². The first-order valence-electron chi connectivity index (χ1n) is 8.70. The number of aromatic nitrogens is 1. The molecule has 1 aromatic heterocycles. The van der Waals surface area contributed by atoms with E-state index in [0.29, 0.717) is 22.0 Å². The second-order valence-electron chi connectivity index (χ2n) is 6.65. The van der Waals surface area contributed by atoms with Gasteiger partial charge in [-0.25, -0.2) is 4.79 Å². The number of halogens is 1. The zero-order chi connectivity index (χ0) is 20.3. The molecule has 146 valence electrons. The lowest BCUT2D eigenvalue weighted by molar-refractivity contribution is -0.129. The van der Waals surface area contributed by atoms with Gasteiger partial charge in [0.1, 0.15) is 5.75 Å². The van der Waals surface area contributed by atoms with Gasteiger partial charge in [0.25, 0.3) is 5.91 Å². The third-order valence-electron chi connectivity index (χ3n) is 4.12. The maximum Gasteiger partial charge on any atom is 0.340 e. The molecule has 0 aliphatic carbocycles. The molecule has 1 amide bonds. The molecule has 0 radical (unpaired) electrons. The van der Waals surface area contributed by atoms with E-state index in [9.17, 15) is 9.59 Å². The number of esters is 1. The number of ether oxygens (including phenoxy) is 2. The van der Waals surface area contributed by atoms with E-state index < -0.39 is 12.1 Å². The lowest BCUT2D eigenvalue weighted by Crippen LogP contribution is -2.39.